The molecule has 0 saturated heterocycles. The van der Waals surface area contributed by atoms with E-state index in [0.717, 1.165) is 5.56 Å². The van der Waals surface area contributed by atoms with E-state index in [-0.39, 0.29) is 18.4 Å². The first-order valence-corrected chi connectivity index (χ1v) is 7.01. The Morgan fingerprint density at radius 3 is 2.81 bits per heavy atom. The monoisotopic (exact) mass is 292 g/mol. The van der Waals surface area contributed by atoms with Gasteiger partial charge in [0.2, 0.25) is 11.8 Å². The molecule has 1 aromatic heterocycles. The van der Waals surface area contributed by atoms with E-state index in [1.807, 2.05) is 13.0 Å². The van der Waals surface area contributed by atoms with Gasteiger partial charge in [-0.3, -0.25) is 9.59 Å². The van der Waals surface area contributed by atoms with Crippen LogP contribution in [0.4, 0.5) is 0 Å². The fourth-order valence-corrected chi connectivity index (χ4v) is 2.91. The zero-order chi connectivity index (χ0) is 15.4. The number of ether oxygens (including phenoxy) is 1. The van der Waals surface area contributed by atoms with E-state index in [1.54, 1.807) is 12.3 Å². The minimum Gasteiger partial charge on any atom is -0.481 e. The van der Waals surface area contributed by atoms with Gasteiger partial charge >= 0.3 is 5.97 Å². The van der Waals surface area contributed by atoms with Gasteiger partial charge in [0.05, 0.1) is 18.9 Å². The maximum absolute atomic E-state index is 12.2. The van der Waals surface area contributed by atoms with E-state index < -0.39 is 17.8 Å². The van der Waals surface area contributed by atoms with Crippen molar-refractivity contribution in [3.05, 3.63) is 23.9 Å². The maximum Gasteiger partial charge on any atom is 0.307 e. The number of carboxylic acid groups (broad SMARTS) is 1. The topological polar surface area (TPSA) is 88.5 Å². The molecule has 1 aliphatic carbocycles. The van der Waals surface area contributed by atoms with Crippen molar-refractivity contribution in [1.29, 1.82) is 0 Å². The summed E-state index contributed by atoms with van der Waals surface area (Å²) in [6.07, 6.45) is 2.79. The number of nitrogens with one attached hydrogen (secondary N) is 1. The third kappa shape index (κ3) is 3.51. The highest BCUT2D eigenvalue weighted by Gasteiger charge is 2.41. The average Bonchev–Trinajstić information content (AvgIpc) is 2.87. The van der Waals surface area contributed by atoms with Gasteiger partial charge in [0.15, 0.2) is 0 Å². The van der Waals surface area contributed by atoms with Crippen LogP contribution in [0.25, 0.3) is 0 Å². The lowest BCUT2D eigenvalue weighted by Crippen LogP contribution is -2.35. The molecule has 0 aliphatic heterocycles. The molecule has 1 aromatic rings. The zero-order valence-electron chi connectivity index (χ0n) is 12.2. The number of hydrogen-bond acceptors (Lipinski definition) is 4. The third-order valence-electron chi connectivity index (χ3n) is 3.95. The summed E-state index contributed by atoms with van der Waals surface area (Å²) < 4.78 is 5.12. The molecule has 2 N–H and O–H groups in total. The number of carbonyl (C=O) groups is 2. The molecule has 1 fully saturated rings. The molecule has 0 radical (unpaired) electrons. The van der Waals surface area contributed by atoms with Crippen LogP contribution < -0.4 is 10.1 Å². The van der Waals surface area contributed by atoms with Crippen LogP contribution >= 0.6 is 0 Å². The fraction of sp³-hybridized carbons (Fsp3) is 0.533. The molecule has 21 heavy (non-hydrogen) atoms. The highest BCUT2D eigenvalue weighted by molar-refractivity contribution is 5.85. The lowest BCUT2D eigenvalue weighted by atomic mass is 9.95. The number of aliphatic carboxylic acids is 1. The Morgan fingerprint density at radius 1 is 1.43 bits per heavy atom. The molecule has 0 spiro atoms. The van der Waals surface area contributed by atoms with E-state index in [9.17, 15) is 14.7 Å². The number of amides is 1. The van der Waals surface area contributed by atoms with Crippen LogP contribution in [0.5, 0.6) is 5.88 Å². The number of carboxylic acids is 1. The van der Waals surface area contributed by atoms with Crippen LogP contribution in [-0.2, 0) is 16.1 Å². The van der Waals surface area contributed by atoms with Crippen molar-refractivity contribution < 1.29 is 19.4 Å². The second kappa shape index (κ2) is 6.56. The van der Waals surface area contributed by atoms with Crippen LogP contribution in [0.3, 0.4) is 0 Å². The van der Waals surface area contributed by atoms with Crippen LogP contribution in [0.15, 0.2) is 18.3 Å². The first-order chi connectivity index (χ1) is 10.0. The second-order valence-electron chi connectivity index (χ2n) is 5.52. The Morgan fingerprint density at radius 2 is 2.14 bits per heavy atom. The summed E-state index contributed by atoms with van der Waals surface area (Å²) in [7, 11) is 1.52. The van der Waals surface area contributed by atoms with Gasteiger partial charge in [-0.25, -0.2) is 4.98 Å². The van der Waals surface area contributed by atoms with Crippen molar-refractivity contribution in [1.82, 2.24) is 10.3 Å². The second-order valence-corrected chi connectivity index (χ2v) is 5.52. The molecular weight excluding hydrogens is 272 g/mol. The van der Waals surface area contributed by atoms with Crippen molar-refractivity contribution in [3.8, 4) is 5.88 Å². The summed E-state index contributed by atoms with van der Waals surface area (Å²) >= 11 is 0. The molecule has 6 nitrogen and oxygen atoms in total. The summed E-state index contributed by atoms with van der Waals surface area (Å²) in [6.45, 7) is 2.26. The molecule has 0 aromatic carbocycles. The number of hydrogen-bond donors (Lipinski definition) is 2. The maximum atomic E-state index is 12.2. The average molecular weight is 292 g/mol. The third-order valence-corrected chi connectivity index (χ3v) is 3.95. The molecular formula is C15H20N2O4. The van der Waals surface area contributed by atoms with Gasteiger partial charge in [0.25, 0.3) is 0 Å². The predicted octanol–water partition coefficient (Wildman–Crippen LogP) is 1.45. The number of methoxy groups -OCH3 is 1. The molecule has 2 rings (SSSR count). The minimum atomic E-state index is -0.890. The van der Waals surface area contributed by atoms with Gasteiger partial charge in [-0.15, -0.1) is 0 Å². The standard InChI is InChI=1S/C15H20N2O4/c1-9-6-11(12(7-9)15(19)20)13(18)17-8-10-4-3-5-16-14(10)21-2/h3-5,9,11-12H,6-8H2,1-2H3,(H,17,18)(H,19,20)/t9?,11-,12+/m0/s1. The number of pyridine rings is 1. The first-order valence-electron chi connectivity index (χ1n) is 7.01. The van der Waals surface area contributed by atoms with E-state index in [4.69, 9.17) is 4.74 Å². The van der Waals surface area contributed by atoms with Crippen molar-refractivity contribution in [2.24, 2.45) is 17.8 Å². The largest absolute Gasteiger partial charge is 0.481 e. The van der Waals surface area contributed by atoms with E-state index >= 15 is 0 Å². The lowest BCUT2D eigenvalue weighted by molar-refractivity contribution is -0.146. The van der Waals surface area contributed by atoms with Crippen molar-refractivity contribution >= 4 is 11.9 Å². The molecule has 1 amide bonds. The van der Waals surface area contributed by atoms with E-state index in [2.05, 4.69) is 10.3 Å². The smallest absolute Gasteiger partial charge is 0.307 e. The minimum absolute atomic E-state index is 0.211. The quantitative estimate of drug-likeness (QED) is 0.857. The summed E-state index contributed by atoms with van der Waals surface area (Å²) in [5.41, 5.74) is 0.770. The van der Waals surface area contributed by atoms with Gasteiger partial charge in [-0.2, -0.15) is 0 Å². The molecule has 6 heteroatoms. The van der Waals surface area contributed by atoms with Crippen LogP contribution in [0.2, 0.25) is 0 Å². The van der Waals surface area contributed by atoms with Crippen LogP contribution in [0.1, 0.15) is 25.3 Å². The summed E-state index contributed by atoms with van der Waals surface area (Å²) in [5.74, 6) is -1.42. The highest BCUT2D eigenvalue weighted by Crippen LogP contribution is 2.36. The number of aromatic nitrogens is 1. The van der Waals surface area contributed by atoms with E-state index in [0.29, 0.717) is 18.7 Å². The molecule has 1 heterocycles. The normalized spacial score (nSPS) is 24.6. The Bertz CT molecular complexity index is 532. The number of rotatable bonds is 5. The summed E-state index contributed by atoms with van der Waals surface area (Å²) in [4.78, 5) is 27.5. The van der Waals surface area contributed by atoms with Gasteiger partial charge < -0.3 is 15.2 Å². The Kier molecular flexibility index (Phi) is 4.77. The number of nitrogens with zero attached hydrogens (tertiary/aromatic N) is 1. The number of carbonyl (C=O) groups excluding carboxylic acids is 1. The SMILES string of the molecule is COc1ncccc1CNC(=O)[C@H]1CC(C)C[C@H]1C(=O)O. The predicted molar refractivity (Wildman–Crippen MR) is 75.6 cm³/mol. The Labute approximate surface area is 123 Å². The van der Waals surface area contributed by atoms with Crippen molar-refractivity contribution in [3.63, 3.8) is 0 Å². The molecule has 1 unspecified atom stereocenters. The summed E-state index contributed by atoms with van der Waals surface area (Å²) in [5, 5.41) is 12.0. The van der Waals surface area contributed by atoms with E-state index in [1.165, 1.54) is 7.11 Å². The van der Waals surface area contributed by atoms with Gasteiger partial charge in [-0.05, 0) is 24.8 Å². The first kappa shape index (κ1) is 15.3. The molecule has 1 aliphatic rings. The molecule has 0 bridgehead atoms. The Balaban J connectivity index is 2.00. The van der Waals surface area contributed by atoms with Gasteiger partial charge in [-0.1, -0.05) is 13.0 Å². The van der Waals surface area contributed by atoms with Gasteiger partial charge in [0.1, 0.15) is 0 Å². The van der Waals surface area contributed by atoms with Crippen molar-refractivity contribution in [2.45, 2.75) is 26.3 Å². The molecule has 1 saturated carbocycles. The van der Waals surface area contributed by atoms with Crippen LogP contribution in [0, 0.1) is 17.8 Å². The highest BCUT2D eigenvalue weighted by atomic mass is 16.5. The molecule has 114 valence electrons. The van der Waals surface area contributed by atoms with Crippen molar-refractivity contribution in [2.75, 3.05) is 7.11 Å². The van der Waals surface area contributed by atoms with Crippen LogP contribution in [-0.4, -0.2) is 29.1 Å². The lowest BCUT2D eigenvalue weighted by Gasteiger charge is -2.16. The summed E-state index contributed by atoms with van der Waals surface area (Å²) in [6, 6.07) is 3.58. The van der Waals surface area contributed by atoms with Gasteiger partial charge in [0, 0.05) is 18.3 Å². The molecule has 3 atom stereocenters. The fourth-order valence-electron chi connectivity index (χ4n) is 2.91. The Hall–Kier alpha value is -2.11. The zero-order valence-corrected chi connectivity index (χ0v) is 12.2.